The first-order valence-corrected chi connectivity index (χ1v) is 9.75. The SMILES string of the molecule is CCOC(=O)c1c(C)[nH]c(C)c1C(=O)COC(=O)Cc1coc2c(C)c(C)ccc12. The van der Waals surface area contributed by atoms with Crippen LogP contribution in [0.3, 0.4) is 0 Å². The fourth-order valence-electron chi connectivity index (χ4n) is 3.54. The van der Waals surface area contributed by atoms with Gasteiger partial charge in [-0.1, -0.05) is 12.1 Å². The van der Waals surface area contributed by atoms with E-state index in [9.17, 15) is 14.4 Å². The molecule has 3 aromatic rings. The lowest BCUT2D eigenvalue weighted by Crippen LogP contribution is -2.19. The van der Waals surface area contributed by atoms with Gasteiger partial charge in [0.2, 0.25) is 5.78 Å². The maximum absolute atomic E-state index is 12.7. The quantitative estimate of drug-likeness (QED) is 0.463. The van der Waals surface area contributed by atoms with Crippen LogP contribution >= 0.6 is 0 Å². The Morgan fingerprint density at radius 1 is 1.00 bits per heavy atom. The average Bonchev–Trinajstić information content (AvgIpc) is 3.23. The Labute approximate surface area is 174 Å². The second-order valence-electron chi connectivity index (χ2n) is 7.25. The van der Waals surface area contributed by atoms with Gasteiger partial charge in [-0.15, -0.1) is 0 Å². The van der Waals surface area contributed by atoms with Crippen molar-refractivity contribution < 1.29 is 28.3 Å². The number of aryl methyl sites for hydroxylation is 4. The van der Waals surface area contributed by atoms with Gasteiger partial charge in [-0.2, -0.15) is 0 Å². The van der Waals surface area contributed by atoms with Crippen molar-refractivity contribution in [2.75, 3.05) is 13.2 Å². The van der Waals surface area contributed by atoms with E-state index < -0.39 is 24.3 Å². The van der Waals surface area contributed by atoms with E-state index in [1.54, 1.807) is 27.0 Å². The second kappa shape index (κ2) is 8.57. The Morgan fingerprint density at radius 2 is 1.70 bits per heavy atom. The predicted molar refractivity (Wildman–Crippen MR) is 111 cm³/mol. The van der Waals surface area contributed by atoms with Crippen molar-refractivity contribution in [1.29, 1.82) is 0 Å². The maximum Gasteiger partial charge on any atom is 0.340 e. The number of furan rings is 1. The number of fused-ring (bicyclic) bond motifs is 1. The monoisotopic (exact) mass is 411 g/mol. The molecule has 0 aliphatic carbocycles. The van der Waals surface area contributed by atoms with E-state index in [1.807, 2.05) is 26.0 Å². The molecule has 7 heteroatoms. The van der Waals surface area contributed by atoms with Gasteiger partial charge in [0.1, 0.15) is 5.58 Å². The number of nitrogens with one attached hydrogen (secondary N) is 1. The molecule has 0 aliphatic rings. The molecule has 158 valence electrons. The molecule has 3 rings (SSSR count). The van der Waals surface area contributed by atoms with Gasteiger partial charge >= 0.3 is 11.9 Å². The van der Waals surface area contributed by atoms with Crippen LogP contribution in [0, 0.1) is 27.7 Å². The zero-order valence-electron chi connectivity index (χ0n) is 17.8. The number of Topliss-reactive ketones (excluding diaryl/α,β-unsaturated/α-hetero) is 1. The van der Waals surface area contributed by atoms with Crippen molar-refractivity contribution in [2.24, 2.45) is 0 Å². The summed E-state index contributed by atoms with van der Waals surface area (Å²) in [5.41, 5.74) is 5.01. The van der Waals surface area contributed by atoms with Crippen LogP contribution < -0.4 is 0 Å². The van der Waals surface area contributed by atoms with Crippen LogP contribution in [0.25, 0.3) is 11.0 Å². The summed E-state index contributed by atoms with van der Waals surface area (Å²) in [6.07, 6.45) is 1.53. The average molecular weight is 411 g/mol. The lowest BCUT2D eigenvalue weighted by atomic mass is 10.0. The highest BCUT2D eigenvalue weighted by atomic mass is 16.5. The third kappa shape index (κ3) is 4.01. The number of H-pyrrole nitrogens is 1. The highest BCUT2D eigenvalue weighted by molar-refractivity contribution is 6.09. The van der Waals surface area contributed by atoms with Gasteiger partial charge in [0.25, 0.3) is 0 Å². The Bertz CT molecular complexity index is 1130. The van der Waals surface area contributed by atoms with Gasteiger partial charge in [-0.05, 0) is 45.7 Å². The van der Waals surface area contributed by atoms with Gasteiger partial charge in [0.05, 0.1) is 30.4 Å². The molecule has 0 amide bonds. The molecule has 30 heavy (non-hydrogen) atoms. The zero-order chi connectivity index (χ0) is 22.0. The fourth-order valence-corrected chi connectivity index (χ4v) is 3.54. The van der Waals surface area contributed by atoms with E-state index in [0.717, 1.165) is 22.1 Å². The summed E-state index contributed by atoms with van der Waals surface area (Å²) in [5, 5.41) is 0.850. The van der Waals surface area contributed by atoms with E-state index >= 15 is 0 Å². The van der Waals surface area contributed by atoms with E-state index in [2.05, 4.69) is 4.98 Å². The molecule has 7 nitrogen and oxygen atoms in total. The number of esters is 2. The first kappa shape index (κ1) is 21.4. The van der Waals surface area contributed by atoms with Gasteiger partial charge in [0.15, 0.2) is 6.61 Å². The molecule has 0 fully saturated rings. The summed E-state index contributed by atoms with van der Waals surface area (Å²) in [4.78, 5) is 40.2. The lowest BCUT2D eigenvalue weighted by molar-refractivity contribution is -0.141. The molecule has 0 bridgehead atoms. The van der Waals surface area contributed by atoms with Crippen molar-refractivity contribution in [2.45, 2.75) is 41.0 Å². The molecule has 2 aromatic heterocycles. The summed E-state index contributed by atoms with van der Waals surface area (Å²) in [5.74, 6) is -1.59. The predicted octanol–water partition coefficient (Wildman–Crippen LogP) is 4.14. The van der Waals surface area contributed by atoms with Crippen LogP contribution in [0.1, 0.15) is 55.7 Å². The van der Waals surface area contributed by atoms with E-state index in [0.29, 0.717) is 17.0 Å². The Kier molecular flexibility index (Phi) is 6.10. The van der Waals surface area contributed by atoms with Crippen molar-refractivity contribution in [3.63, 3.8) is 0 Å². The number of hydrogen-bond acceptors (Lipinski definition) is 6. The van der Waals surface area contributed by atoms with E-state index in [4.69, 9.17) is 13.9 Å². The Balaban J connectivity index is 1.71. The smallest absolute Gasteiger partial charge is 0.340 e. The number of aromatic amines is 1. The molecular weight excluding hydrogens is 386 g/mol. The molecule has 1 aromatic carbocycles. The standard InChI is InChI=1S/C23H25NO6/c1-6-28-23(27)21-15(5)24-14(4)20(21)18(25)11-29-19(26)9-16-10-30-22-13(3)12(2)7-8-17(16)22/h7-8,10,24H,6,9,11H2,1-5H3. The minimum Gasteiger partial charge on any atom is -0.464 e. The third-order valence-electron chi connectivity index (χ3n) is 5.17. The third-order valence-corrected chi connectivity index (χ3v) is 5.17. The van der Waals surface area contributed by atoms with Gasteiger partial charge in [-0.3, -0.25) is 9.59 Å². The lowest BCUT2D eigenvalue weighted by Gasteiger charge is -2.07. The van der Waals surface area contributed by atoms with Crippen molar-refractivity contribution >= 4 is 28.7 Å². The normalized spacial score (nSPS) is 11.0. The number of aromatic nitrogens is 1. The molecule has 0 radical (unpaired) electrons. The molecule has 0 atom stereocenters. The minimum absolute atomic E-state index is 0.0152. The minimum atomic E-state index is -0.579. The molecule has 0 unspecified atom stereocenters. The number of hydrogen-bond donors (Lipinski definition) is 1. The highest BCUT2D eigenvalue weighted by Crippen LogP contribution is 2.27. The van der Waals surface area contributed by atoms with Crippen molar-refractivity contribution in [3.8, 4) is 0 Å². The number of rotatable bonds is 7. The fraction of sp³-hybridized carbons (Fsp3) is 0.348. The number of benzene rings is 1. The first-order chi connectivity index (χ1) is 14.2. The molecule has 0 saturated heterocycles. The van der Waals surface area contributed by atoms with Crippen LogP contribution in [-0.4, -0.2) is 35.9 Å². The molecule has 0 saturated carbocycles. The van der Waals surface area contributed by atoms with Gasteiger partial charge in [-0.25, -0.2) is 4.79 Å². The number of ketones is 1. The van der Waals surface area contributed by atoms with Crippen LogP contribution in [0.2, 0.25) is 0 Å². The number of carbonyl (C=O) groups excluding carboxylic acids is 3. The van der Waals surface area contributed by atoms with Crippen LogP contribution in [0.15, 0.2) is 22.8 Å². The molecule has 2 heterocycles. The van der Waals surface area contributed by atoms with Crippen LogP contribution in [0.4, 0.5) is 0 Å². The summed E-state index contributed by atoms with van der Waals surface area (Å²) in [6, 6.07) is 3.88. The molecular formula is C23H25NO6. The molecule has 0 aliphatic heterocycles. The van der Waals surface area contributed by atoms with E-state index in [-0.39, 0.29) is 24.2 Å². The first-order valence-electron chi connectivity index (χ1n) is 9.75. The highest BCUT2D eigenvalue weighted by Gasteiger charge is 2.26. The summed E-state index contributed by atoms with van der Waals surface area (Å²) in [7, 11) is 0. The van der Waals surface area contributed by atoms with E-state index in [1.165, 1.54) is 0 Å². The van der Waals surface area contributed by atoms with Crippen molar-refractivity contribution in [1.82, 2.24) is 4.98 Å². The van der Waals surface area contributed by atoms with Crippen LogP contribution in [-0.2, 0) is 20.7 Å². The zero-order valence-corrected chi connectivity index (χ0v) is 17.8. The Hall–Kier alpha value is -3.35. The largest absolute Gasteiger partial charge is 0.464 e. The summed E-state index contributed by atoms with van der Waals surface area (Å²) < 4.78 is 15.8. The molecule has 0 spiro atoms. The Morgan fingerprint density at radius 3 is 2.40 bits per heavy atom. The summed E-state index contributed by atoms with van der Waals surface area (Å²) >= 11 is 0. The topological polar surface area (TPSA) is 98.6 Å². The van der Waals surface area contributed by atoms with Crippen molar-refractivity contribution in [3.05, 3.63) is 57.6 Å². The second-order valence-corrected chi connectivity index (χ2v) is 7.25. The number of ether oxygens (including phenoxy) is 2. The number of carbonyl (C=O) groups is 3. The summed E-state index contributed by atoms with van der Waals surface area (Å²) in [6.45, 7) is 8.76. The van der Waals surface area contributed by atoms with Gasteiger partial charge in [0, 0.05) is 22.3 Å². The van der Waals surface area contributed by atoms with Crippen LogP contribution in [0.5, 0.6) is 0 Å². The van der Waals surface area contributed by atoms with Gasteiger partial charge < -0.3 is 18.9 Å². The molecule has 1 N–H and O–H groups in total. The maximum atomic E-state index is 12.7.